The van der Waals surface area contributed by atoms with E-state index in [1.54, 1.807) is 0 Å². The highest BCUT2D eigenvalue weighted by molar-refractivity contribution is 5.87. The quantitative estimate of drug-likeness (QED) is 0.132. The lowest BCUT2D eigenvalue weighted by atomic mass is 9.96. The minimum absolute atomic E-state index is 0.107. The summed E-state index contributed by atoms with van der Waals surface area (Å²) in [6.45, 7) is 10.1. The standard InChI is InChI=1S/C42H53N9O6/c1-23(2)34(48-41(54)56-5)39(52)50-17-7-9-32(50)37-44-22-30(45-37)26-13-11-25(12-14-26)27-15-16-29-28(19-27)20-43-21-31-36(29)47-38(46-31)33-10-8-18-51(33)40(53)35(24(3)4)49-42(55)57-6/h11-16,19,22-24,32-35,43H,7-10,17-18,20-21H2,1-6H3,(H,44,45)(H,46,47)(H,48,54)(H,49,55)/t32-,33-,34-,35-/m0/s1. The number of alkyl carbamates (subject to hydrolysis) is 2. The molecule has 0 unspecified atom stereocenters. The Labute approximate surface area is 332 Å². The molecule has 0 bridgehead atoms. The van der Waals surface area contributed by atoms with Gasteiger partial charge >= 0.3 is 12.2 Å². The number of hydrogen-bond acceptors (Lipinski definition) is 9. The first-order valence-corrected chi connectivity index (χ1v) is 19.9. The molecule has 2 aromatic heterocycles. The molecular weight excluding hydrogens is 727 g/mol. The maximum Gasteiger partial charge on any atom is 0.407 e. The Hall–Kier alpha value is -5.70. The second-order valence-corrected chi connectivity index (χ2v) is 15.8. The van der Waals surface area contributed by atoms with Gasteiger partial charge in [-0.05, 0) is 65.8 Å². The number of amides is 4. The molecule has 3 aliphatic rings. The number of H-pyrrole nitrogens is 2. The van der Waals surface area contributed by atoms with Crippen LogP contribution >= 0.6 is 0 Å². The Morgan fingerprint density at radius 1 is 0.737 bits per heavy atom. The van der Waals surface area contributed by atoms with E-state index in [1.165, 1.54) is 14.2 Å². The average Bonchev–Trinajstić information content (AvgIpc) is 4.04. The summed E-state index contributed by atoms with van der Waals surface area (Å²) in [6, 6.07) is 13.0. The lowest BCUT2D eigenvalue weighted by Crippen LogP contribution is -2.51. The fourth-order valence-corrected chi connectivity index (χ4v) is 8.29. The van der Waals surface area contributed by atoms with Gasteiger partial charge in [-0.1, -0.05) is 64.1 Å². The van der Waals surface area contributed by atoms with Crippen LogP contribution in [0.25, 0.3) is 33.6 Å². The van der Waals surface area contributed by atoms with Gasteiger partial charge in [0.15, 0.2) is 0 Å². The predicted molar refractivity (Wildman–Crippen MR) is 213 cm³/mol. The number of methoxy groups -OCH3 is 2. The molecule has 0 radical (unpaired) electrons. The normalized spacial score (nSPS) is 18.8. The molecule has 57 heavy (non-hydrogen) atoms. The van der Waals surface area contributed by atoms with Crippen molar-refractivity contribution in [2.45, 2.75) is 90.6 Å². The molecule has 0 spiro atoms. The number of carbonyl (C=O) groups is 4. The van der Waals surface area contributed by atoms with Gasteiger partial charge in [0.25, 0.3) is 0 Å². The first-order valence-electron chi connectivity index (χ1n) is 19.9. The van der Waals surface area contributed by atoms with Crippen molar-refractivity contribution in [3.05, 3.63) is 71.6 Å². The van der Waals surface area contributed by atoms with Crippen molar-refractivity contribution in [2.75, 3.05) is 27.3 Å². The Bertz CT molecular complexity index is 2110. The van der Waals surface area contributed by atoms with E-state index in [-0.39, 0.29) is 35.7 Å². The van der Waals surface area contributed by atoms with Gasteiger partial charge in [0, 0.05) is 31.7 Å². The van der Waals surface area contributed by atoms with Crippen LogP contribution < -0.4 is 16.0 Å². The van der Waals surface area contributed by atoms with E-state index in [2.05, 4.69) is 68.4 Å². The lowest BCUT2D eigenvalue weighted by molar-refractivity contribution is -0.136. The molecule has 4 aromatic rings. The van der Waals surface area contributed by atoms with Crippen molar-refractivity contribution in [3.8, 4) is 33.6 Å². The minimum atomic E-state index is -0.695. The molecule has 15 nitrogen and oxygen atoms in total. The molecule has 7 rings (SSSR count). The number of aromatic amines is 2. The van der Waals surface area contributed by atoms with E-state index in [0.717, 1.165) is 82.2 Å². The van der Waals surface area contributed by atoms with E-state index in [0.29, 0.717) is 26.2 Å². The van der Waals surface area contributed by atoms with E-state index in [9.17, 15) is 19.2 Å². The zero-order valence-electron chi connectivity index (χ0n) is 33.5. The van der Waals surface area contributed by atoms with Gasteiger partial charge in [0.05, 0.1) is 49.6 Å². The largest absolute Gasteiger partial charge is 0.453 e. The summed E-state index contributed by atoms with van der Waals surface area (Å²) in [4.78, 5) is 71.8. The monoisotopic (exact) mass is 779 g/mol. The average molecular weight is 780 g/mol. The number of rotatable bonds is 10. The van der Waals surface area contributed by atoms with Gasteiger partial charge in [-0.25, -0.2) is 19.6 Å². The minimum Gasteiger partial charge on any atom is -0.453 e. The molecule has 2 fully saturated rings. The van der Waals surface area contributed by atoms with E-state index < -0.39 is 24.3 Å². The first kappa shape index (κ1) is 39.5. The summed E-state index contributed by atoms with van der Waals surface area (Å²) < 4.78 is 9.56. The maximum atomic E-state index is 13.7. The van der Waals surface area contributed by atoms with Crippen molar-refractivity contribution >= 4 is 24.0 Å². The van der Waals surface area contributed by atoms with Gasteiger partial charge in [-0.2, -0.15) is 0 Å². The highest BCUT2D eigenvalue weighted by atomic mass is 16.5. The third-order valence-electron chi connectivity index (χ3n) is 11.4. The van der Waals surface area contributed by atoms with Crippen LogP contribution in [-0.4, -0.2) is 93.1 Å². The Morgan fingerprint density at radius 3 is 1.88 bits per heavy atom. The predicted octanol–water partition coefficient (Wildman–Crippen LogP) is 5.83. The molecule has 5 N–H and O–H groups in total. The number of likely N-dealkylation sites (tertiary alicyclic amines) is 2. The highest BCUT2D eigenvalue weighted by Crippen LogP contribution is 2.38. The van der Waals surface area contributed by atoms with Gasteiger partial charge in [-0.15, -0.1) is 0 Å². The van der Waals surface area contributed by atoms with Crippen LogP contribution in [0.1, 0.15) is 88.4 Å². The van der Waals surface area contributed by atoms with E-state index in [1.807, 2.05) is 43.7 Å². The number of benzene rings is 2. The molecule has 4 amide bonds. The van der Waals surface area contributed by atoms with Crippen molar-refractivity contribution < 1.29 is 28.7 Å². The van der Waals surface area contributed by atoms with Gasteiger partial charge in [0.2, 0.25) is 11.8 Å². The van der Waals surface area contributed by atoms with Gasteiger partial charge in [-0.3, -0.25) is 9.59 Å². The van der Waals surface area contributed by atoms with Crippen LogP contribution in [0.5, 0.6) is 0 Å². The lowest BCUT2D eigenvalue weighted by Gasteiger charge is -2.30. The Kier molecular flexibility index (Phi) is 11.7. The van der Waals surface area contributed by atoms with Crippen molar-refractivity contribution in [1.29, 1.82) is 0 Å². The molecule has 4 atom stereocenters. The number of nitrogens with zero attached hydrogens (tertiary/aromatic N) is 4. The third-order valence-corrected chi connectivity index (χ3v) is 11.4. The van der Waals surface area contributed by atoms with Crippen LogP contribution in [0.4, 0.5) is 9.59 Å². The molecule has 302 valence electrons. The summed E-state index contributed by atoms with van der Waals surface area (Å²) in [5, 5.41) is 8.97. The molecule has 2 saturated heterocycles. The first-order chi connectivity index (χ1) is 27.5. The Balaban J connectivity index is 1.06. The van der Waals surface area contributed by atoms with E-state index in [4.69, 9.17) is 19.4 Å². The summed E-state index contributed by atoms with van der Waals surface area (Å²) in [6.07, 6.45) is 3.82. The number of nitrogens with one attached hydrogen (secondary N) is 5. The van der Waals surface area contributed by atoms with Crippen LogP contribution in [0.15, 0.2) is 48.7 Å². The zero-order valence-corrected chi connectivity index (χ0v) is 33.5. The number of imidazole rings is 2. The van der Waals surface area contributed by atoms with Crippen molar-refractivity contribution in [1.82, 2.24) is 45.7 Å². The molecule has 3 aliphatic heterocycles. The molecule has 0 aliphatic carbocycles. The summed E-state index contributed by atoms with van der Waals surface area (Å²) >= 11 is 0. The fourth-order valence-electron chi connectivity index (χ4n) is 8.29. The van der Waals surface area contributed by atoms with Crippen LogP contribution in [0, 0.1) is 11.8 Å². The summed E-state index contributed by atoms with van der Waals surface area (Å²) in [7, 11) is 2.59. The molecule has 15 heteroatoms. The maximum absolute atomic E-state index is 13.7. The van der Waals surface area contributed by atoms with Crippen molar-refractivity contribution in [3.63, 3.8) is 0 Å². The summed E-state index contributed by atoms with van der Waals surface area (Å²) in [5.41, 5.74) is 8.03. The van der Waals surface area contributed by atoms with Gasteiger partial charge < -0.3 is 45.2 Å². The molecule has 2 aromatic carbocycles. The van der Waals surface area contributed by atoms with Crippen LogP contribution in [0.3, 0.4) is 0 Å². The second-order valence-electron chi connectivity index (χ2n) is 15.8. The number of fused-ring (bicyclic) bond motifs is 3. The molecular formula is C42H53N9O6. The number of aromatic nitrogens is 4. The highest BCUT2D eigenvalue weighted by Gasteiger charge is 2.39. The van der Waals surface area contributed by atoms with Crippen LogP contribution in [0.2, 0.25) is 0 Å². The van der Waals surface area contributed by atoms with Crippen LogP contribution in [-0.2, 0) is 32.2 Å². The zero-order chi connectivity index (χ0) is 40.4. The Morgan fingerprint density at radius 2 is 1.30 bits per heavy atom. The third kappa shape index (κ3) is 8.11. The van der Waals surface area contributed by atoms with Crippen molar-refractivity contribution in [2.24, 2.45) is 11.8 Å². The smallest absolute Gasteiger partial charge is 0.407 e. The summed E-state index contributed by atoms with van der Waals surface area (Å²) in [5.74, 6) is 0.987. The fraction of sp³-hybridized carbons (Fsp3) is 0.476. The molecule has 0 saturated carbocycles. The number of ether oxygens (including phenoxy) is 2. The molecule has 5 heterocycles. The number of hydrogen-bond donors (Lipinski definition) is 5. The topological polar surface area (TPSA) is 187 Å². The van der Waals surface area contributed by atoms with E-state index >= 15 is 0 Å². The SMILES string of the molecule is COC(=O)N[C@H](C(=O)N1CCC[C@H]1c1ncc(-c2ccc(-c3ccc4c(c3)CNCc3[nH]c([C@@H]5CCCN5C(=O)[C@@H](NC(=O)OC)C(C)C)nc3-4)cc2)[nH]1)C(C)C. The second kappa shape index (κ2) is 16.8. The number of carbonyl (C=O) groups excluding carboxylic acids is 4. The van der Waals surface area contributed by atoms with Gasteiger partial charge in [0.1, 0.15) is 23.7 Å².